The second-order valence-corrected chi connectivity index (χ2v) is 7.09. The number of carbonyl (C=O) groups excluding carboxylic acids is 2. The van der Waals surface area contributed by atoms with Crippen LogP contribution in [0.2, 0.25) is 5.02 Å². The minimum absolute atomic E-state index is 0.0608. The summed E-state index contributed by atoms with van der Waals surface area (Å²) in [5.41, 5.74) is 0.702. The Bertz CT molecular complexity index is 563. The topological polar surface area (TPSA) is 52.7 Å². The van der Waals surface area contributed by atoms with Crippen LogP contribution >= 0.6 is 27.5 Å². The van der Waals surface area contributed by atoms with Crippen molar-refractivity contribution in [3.8, 4) is 0 Å². The average molecular weight is 417 g/mol. The van der Waals surface area contributed by atoms with E-state index in [-0.39, 0.29) is 11.8 Å². The summed E-state index contributed by atoms with van der Waals surface area (Å²) < 4.78 is 0. The smallest absolute Gasteiger partial charge is 0.238 e. The van der Waals surface area contributed by atoms with Crippen molar-refractivity contribution < 1.29 is 9.59 Å². The Kier molecular flexibility index (Phi) is 8.02. The number of anilines is 1. The van der Waals surface area contributed by atoms with E-state index >= 15 is 0 Å². The van der Waals surface area contributed by atoms with Crippen LogP contribution in [-0.2, 0) is 9.59 Å². The number of alkyl halides is 1. The molecule has 2 rings (SSSR count). The van der Waals surface area contributed by atoms with Crippen LogP contribution in [-0.4, -0.2) is 59.7 Å². The first kappa shape index (κ1) is 19.2. The fourth-order valence-electron chi connectivity index (χ4n) is 2.65. The van der Waals surface area contributed by atoms with Crippen LogP contribution in [0.5, 0.6) is 0 Å². The third-order valence-corrected chi connectivity index (χ3v) is 4.77. The first-order valence-corrected chi connectivity index (χ1v) is 9.70. The van der Waals surface area contributed by atoms with Crippen LogP contribution in [0.4, 0.5) is 5.69 Å². The lowest BCUT2D eigenvalue weighted by atomic mass is 10.2. The van der Waals surface area contributed by atoms with E-state index in [0.29, 0.717) is 36.8 Å². The predicted octanol–water partition coefficient (Wildman–Crippen LogP) is 2.99. The average Bonchev–Trinajstić information content (AvgIpc) is 2.55. The molecule has 5 nitrogen and oxygen atoms in total. The highest BCUT2D eigenvalue weighted by Crippen LogP contribution is 2.15. The van der Waals surface area contributed by atoms with Crippen molar-refractivity contribution in [2.45, 2.75) is 19.3 Å². The SMILES string of the molecule is O=C(CN1CCN(C(=O)CCCCBr)CC1)Nc1cccc(Cl)c1. The van der Waals surface area contributed by atoms with Crippen molar-refractivity contribution >= 4 is 45.0 Å². The van der Waals surface area contributed by atoms with Gasteiger partial charge in [0.15, 0.2) is 0 Å². The molecule has 1 fully saturated rings. The largest absolute Gasteiger partial charge is 0.340 e. The van der Waals surface area contributed by atoms with E-state index in [1.807, 2.05) is 11.0 Å². The van der Waals surface area contributed by atoms with Gasteiger partial charge in [0.05, 0.1) is 6.54 Å². The molecule has 1 saturated heterocycles. The molecule has 2 amide bonds. The monoisotopic (exact) mass is 415 g/mol. The van der Waals surface area contributed by atoms with Crippen molar-refractivity contribution in [2.75, 3.05) is 43.4 Å². The molecule has 0 spiro atoms. The predicted molar refractivity (Wildman–Crippen MR) is 101 cm³/mol. The van der Waals surface area contributed by atoms with Gasteiger partial charge in [-0.15, -0.1) is 0 Å². The number of nitrogens with one attached hydrogen (secondary N) is 1. The molecule has 0 atom stereocenters. The molecule has 1 aromatic carbocycles. The molecule has 0 bridgehead atoms. The minimum Gasteiger partial charge on any atom is -0.340 e. The van der Waals surface area contributed by atoms with Crippen LogP contribution in [0.25, 0.3) is 0 Å². The zero-order chi connectivity index (χ0) is 17.4. The van der Waals surface area contributed by atoms with Crippen LogP contribution in [0, 0.1) is 0 Å². The first-order valence-electron chi connectivity index (χ1n) is 8.20. The number of unbranched alkanes of at least 4 members (excludes halogenated alkanes) is 1. The first-order chi connectivity index (χ1) is 11.6. The van der Waals surface area contributed by atoms with Gasteiger partial charge >= 0.3 is 0 Å². The van der Waals surface area contributed by atoms with Gasteiger partial charge in [0.2, 0.25) is 11.8 Å². The lowest BCUT2D eigenvalue weighted by Crippen LogP contribution is -2.50. The fourth-order valence-corrected chi connectivity index (χ4v) is 3.24. The third-order valence-electron chi connectivity index (χ3n) is 3.97. The number of amides is 2. The van der Waals surface area contributed by atoms with Gasteiger partial charge in [0.1, 0.15) is 0 Å². The molecule has 1 heterocycles. The van der Waals surface area contributed by atoms with E-state index in [9.17, 15) is 9.59 Å². The van der Waals surface area contributed by atoms with Gasteiger partial charge in [-0.2, -0.15) is 0 Å². The number of hydrogen-bond acceptors (Lipinski definition) is 3. The molecular weight excluding hydrogens is 394 g/mol. The Morgan fingerprint density at radius 3 is 2.58 bits per heavy atom. The Hall–Kier alpha value is -1.11. The summed E-state index contributed by atoms with van der Waals surface area (Å²) in [6, 6.07) is 7.11. The summed E-state index contributed by atoms with van der Waals surface area (Å²) in [4.78, 5) is 28.2. The van der Waals surface area contributed by atoms with Gasteiger partial charge in [-0.05, 0) is 31.0 Å². The Morgan fingerprint density at radius 1 is 1.17 bits per heavy atom. The van der Waals surface area contributed by atoms with Gasteiger partial charge < -0.3 is 10.2 Å². The molecule has 7 heteroatoms. The number of hydrogen-bond donors (Lipinski definition) is 1. The van der Waals surface area contributed by atoms with E-state index in [0.717, 1.165) is 31.3 Å². The molecule has 24 heavy (non-hydrogen) atoms. The summed E-state index contributed by atoms with van der Waals surface area (Å²) in [5.74, 6) is 0.161. The summed E-state index contributed by atoms with van der Waals surface area (Å²) in [7, 11) is 0. The minimum atomic E-state index is -0.0608. The maximum atomic E-state index is 12.1. The fraction of sp³-hybridized carbons (Fsp3) is 0.529. The number of carbonyl (C=O) groups is 2. The van der Waals surface area contributed by atoms with Crippen molar-refractivity contribution in [1.82, 2.24) is 9.80 Å². The Morgan fingerprint density at radius 2 is 1.92 bits per heavy atom. The van der Waals surface area contributed by atoms with Crippen molar-refractivity contribution in [1.29, 1.82) is 0 Å². The quantitative estimate of drug-likeness (QED) is 0.549. The molecule has 0 saturated carbocycles. The molecule has 132 valence electrons. The standard InChI is InChI=1S/C17H23BrClN3O2/c18-7-2-1-6-17(24)22-10-8-21(9-11-22)13-16(23)20-15-5-3-4-14(19)12-15/h3-5,12H,1-2,6-11,13H2,(H,20,23). The number of rotatable bonds is 7. The Balaban J connectivity index is 1.70. The highest BCUT2D eigenvalue weighted by Gasteiger charge is 2.22. The highest BCUT2D eigenvalue weighted by molar-refractivity contribution is 9.09. The second kappa shape index (κ2) is 10.0. The molecule has 0 aliphatic carbocycles. The maximum Gasteiger partial charge on any atom is 0.238 e. The molecule has 1 aliphatic rings. The van der Waals surface area contributed by atoms with E-state index < -0.39 is 0 Å². The van der Waals surface area contributed by atoms with E-state index in [4.69, 9.17) is 11.6 Å². The van der Waals surface area contributed by atoms with Crippen molar-refractivity contribution in [3.05, 3.63) is 29.3 Å². The zero-order valence-electron chi connectivity index (χ0n) is 13.6. The lowest BCUT2D eigenvalue weighted by molar-refractivity contribution is -0.133. The lowest BCUT2D eigenvalue weighted by Gasteiger charge is -2.34. The second-order valence-electron chi connectivity index (χ2n) is 5.86. The van der Waals surface area contributed by atoms with Gasteiger partial charge in [-0.25, -0.2) is 0 Å². The number of piperazine rings is 1. The summed E-state index contributed by atoms with van der Waals surface area (Å²) in [6.45, 7) is 3.17. The molecular formula is C17H23BrClN3O2. The highest BCUT2D eigenvalue weighted by atomic mass is 79.9. The molecule has 1 N–H and O–H groups in total. The summed E-state index contributed by atoms with van der Waals surface area (Å²) >= 11 is 9.29. The van der Waals surface area contributed by atoms with Crippen molar-refractivity contribution in [2.24, 2.45) is 0 Å². The van der Waals surface area contributed by atoms with Crippen molar-refractivity contribution in [3.63, 3.8) is 0 Å². The third kappa shape index (κ3) is 6.42. The Labute approximate surface area is 156 Å². The van der Waals surface area contributed by atoms with Gasteiger partial charge in [-0.1, -0.05) is 33.6 Å². The van der Waals surface area contributed by atoms with Crippen LogP contribution < -0.4 is 5.32 Å². The molecule has 1 aliphatic heterocycles. The van der Waals surface area contributed by atoms with E-state index in [1.54, 1.807) is 18.2 Å². The summed E-state index contributed by atoms with van der Waals surface area (Å²) in [6.07, 6.45) is 2.56. The van der Waals surface area contributed by atoms with E-state index in [1.165, 1.54) is 0 Å². The van der Waals surface area contributed by atoms with Crippen LogP contribution in [0.3, 0.4) is 0 Å². The van der Waals surface area contributed by atoms with Crippen LogP contribution in [0.1, 0.15) is 19.3 Å². The molecule has 0 radical (unpaired) electrons. The number of halogens is 2. The van der Waals surface area contributed by atoms with E-state index in [2.05, 4.69) is 26.1 Å². The molecule has 0 unspecified atom stereocenters. The van der Waals surface area contributed by atoms with Gasteiger partial charge in [0.25, 0.3) is 0 Å². The maximum absolute atomic E-state index is 12.1. The zero-order valence-corrected chi connectivity index (χ0v) is 16.0. The normalized spacial score (nSPS) is 15.3. The molecule has 1 aromatic rings. The van der Waals surface area contributed by atoms with Crippen LogP contribution in [0.15, 0.2) is 24.3 Å². The van der Waals surface area contributed by atoms with Gasteiger partial charge in [0, 0.05) is 48.6 Å². The number of nitrogens with zero attached hydrogens (tertiary/aromatic N) is 2. The summed E-state index contributed by atoms with van der Waals surface area (Å²) in [5, 5.41) is 4.39. The number of benzene rings is 1. The molecule has 0 aromatic heterocycles. The van der Waals surface area contributed by atoms with Gasteiger partial charge in [-0.3, -0.25) is 14.5 Å².